The van der Waals surface area contributed by atoms with E-state index in [0.29, 0.717) is 0 Å². The first kappa shape index (κ1) is 16.2. The SMILES string of the molecule is Cc1nccc(N2CCN(C(=O)COC3CCCCC3)CC2)n1. The van der Waals surface area contributed by atoms with Crippen LogP contribution in [0.1, 0.15) is 37.9 Å². The molecule has 0 aromatic carbocycles. The van der Waals surface area contributed by atoms with E-state index in [2.05, 4.69) is 14.9 Å². The average molecular weight is 318 g/mol. The van der Waals surface area contributed by atoms with Gasteiger partial charge in [0.2, 0.25) is 5.91 Å². The van der Waals surface area contributed by atoms with E-state index in [-0.39, 0.29) is 18.6 Å². The standard InChI is InChI=1S/C17H26N4O2/c1-14-18-8-7-16(19-14)20-9-11-21(12-10-20)17(22)13-23-15-5-3-2-4-6-15/h7-8,15H,2-6,9-13H2,1H3. The minimum atomic E-state index is 0.120. The smallest absolute Gasteiger partial charge is 0.248 e. The molecule has 0 N–H and O–H groups in total. The molecular formula is C17H26N4O2. The van der Waals surface area contributed by atoms with E-state index in [4.69, 9.17) is 4.74 Å². The first-order valence-electron chi connectivity index (χ1n) is 8.66. The van der Waals surface area contributed by atoms with Gasteiger partial charge in [0.1, 0.15) is 18.2 Å². The lowest BCUT2D eigenvalue weighted by Gasteiger charge is -2.35. The van der Waals surface area contributed by atoms with E-state index >= 15 is 0 Å². The predicted octanol–water partition coefficient (Wildman–Crippen LogP) is 1.78. The van der Waals surface area contributed by atoms with Crippen molar-refractivity contribution in [1.82, 2.24) is 14.9 Å². The molecule has 3 rings (SSSR count). The van der Waals surface area contributed by atoms with Crippen LogP contribution in [0.3, 0.4) is 0 Å². The molecule has 126 valence electrons. The number of aryl methyl sites for hydroxylation is 1. The van der Waals surface area contributed by atoms with Gasteiger partial charge in [0, 0.05) is 32.4 Å². The van der Waals surface area contributed by atoms with Crippen molar-refractivity contribution in [2.75, 3.05) is 37.7 Å². The molecule has 1 aliphatic carbocycles. The summed E-state index contributed by atoms with van der Waals surface area (Å²) in [6, 6.07) is 1.93. The largest absolute Gasteiger partial charge is 0.368 e. The third-order valence-corrected chi connectivity index (χ3v) is 4.71. The maximum Gasteiger partial charge on any atom is 0.248 e. The van der Waals surface area contributed by atoms with E-state index < -0.39 is 0 Å². The number of hydrogen-bond donors (Lipinski definition) is 0. The number of hydrogen-bond acceptors (Lipinski definition) is 5. The van der Waals surface area contributed by atoms with Crippen LogP contribution in [0.5, 0.6) is 0 Å². The van der Waals surface area contributed by atoms with Crippen molar-refractivity contribution in [3.05, 3.63) is 18.1 Å². The van der Waals surface area contributed by atoms with Crippen LogP contribution in [-0.4, -0.2) is 59.7 Å². The summed E-state index contributed by atoms with van der Waals surface area (Å²) < 4.78 is 5.80. The molecular weight excluding hydrogens is 292 g/mol. The van der Waals surface area contributed by atoms with Crippen LogP contribution >= 0.6 is 0 Å². The van der Waals surface area contributed by atoms with Gasteiger partial charge in [-0.15, -0.1) is 0 Å². The molecule has 0 spiro atoms. The van der Waals surface area contributed by atoms with Gasteiger partial charge >= 0.3 is 0 Å². The van der Waals surface area contributed by atoms with E-state index in [1.54, 1.807) is 6.20 Å². The van der Waals surface area contributed by atoms with Crippen LogP contribution in [-0.2, 0) is 9.53 Å². The lowest BCUT2D eigenvalue weighted by atomic mass is 9.98. The zero-order valence-corrected chi connectivity index (χ0v) is 13.9. The van der Waals surface area contributed by atoms with Gasteiger partial charge in [-0.1, -0.05) is 19.3 Å². The lowest BCUT2D eigenvalue weighted by Crippen LogP contribution is -2.50. The van der Waals surface area contributed by atoms with Gasteiger partial charge in [-0.2, -0.15) is 0 Å². The van der Waals surface area contributed by atoms with Gasteiger partial charge in [0.25, 0.3) is 0 Å². The molecule has 23 heavy (non-hydrogen) atoms. The molecule has 2 fully saturated rings. The summed E-state index contributed by atoms with van der Waals surface area (Å²) in [5.41, 5.74) is 0. The molecule has 0 atom stereocenters. The average Bonchev–Trinajstić information content (AvgIpc) is 2.61. The van der Waals surface area contributed by atoms with Crippen LogP contribution in [0, 0.1) is 6.92 Å². The summed E-state index contributed by atoms with van der Waals surface area (Å²) in [6.07, 6.45) is 8.05. The van der Waals surface area contributed by atoms with Crippen LogP contribution in [0.15, 0.2) is 12.3 Å². The number of ether oxygens (including phenoxy) is 1. The third-order valence-electron chi connectivity index (χ3n) is 4.71. The van der Waals surface area contributed by atoms with E-state index in [1.807, 2.05) is 17.9 Å². The van der Waals surface area contributed by atoms with E-state index in [9.17, 15) is 4.79 Å². The minimum absolute atomic E-state index is 0.120. The van der Waals surface area contributed by atoms with Crippen LogP contribution in [0.25, 0.3) is 0 Å². The Labute approximate surface area is 137 Å². The number of nitrogens with zero attached hydrogens (tertiary/aromatic N) is 4. The lowest BCUT2D eigenvalue weighted by molar-refractivity contribution is -0.139. The van der Waals surface area contributed by atoms with E-state index in [0.717, 1.165) is 50.7 Å². The minimum Gasteiger partial charge on any atom is -0.368 e. The maximum atomic E-state index is 12.3. The summed E-state index contributed by atoms with van der Waals surface area (Å²) in [7, 11) is 0. The molecule has 6 nitrogen and oxygen atoms in total. The normalized spacial score (nSPS) is 19.9. The van der Waals surface area contributed by atoms with Crippen molar-refractivity contribution >= 4 is 11.7 Å². The molecule has 1 saturated carbocycles. The fourth-order valence-electron chi connectivity index (χ4n) is 3.32. The Bertz CT molecular complexity index is 523. The van der Waals surface area contributed by atoms with Crippen molar-refractivity contribution < 1.29 is 9.53 Å². The summed E-state index contributed by atoms with van der Waals surface area (Å²) >= 11 is 0. The van der Waals surface area contributed by atoms with Crippen LogP contribution in [0.2, 0.25) is 0 Å². The van der Waals surface area contributed by atoms with Crippen molar-refractivity contribution in [3.63, 3.8) is 0 Å². The number of piperazine rings is 1. The molecule has 6 heteroatoms. The van der Waals surface area contributed by atoms with Gasteiger partial charge in [-0.25, -0.2) is 9.97 Å². The summed E-state index contributed by atoms with van der Waals surface area (Å²) in [5.74, 6) is 1.85. The van der Waals surface area contributed by atoms with Crippen LogP contribution in [0.4, 0.5) is 5.82 Å². The molecule has 1 aromatic heterocycles. The molecule has 1 saturated heterocycles. The van der Waals surface area contributed by atoms with Crippen molar-refractivity contribution in [1.29, 1.82) is 0 Å². The second kappa shape index (κ2) is 7.73. The second-order valence-corrected chi connectivity index (χ2v) is 6.40. The zero-order valence-electron chi connectivity index (χ0n) is 13.9. The molecule has 2 heterocycles. The van der Waals surface area contributed by atoms with Gasteiger partial charge in [0.15, 0.2) is 0 Å². The summed E-state index contributed by atoms with van der Waals surface area (Å²) in [5, 5.41) is 0. The molecule has 0 bridgehead atoms. The fourth-order valence-corrected chi connectivity index (χ4v) is 3.32. The second-order valence-electron chi connectivity index (χ2n) is 6.40. The molecule has 0 radical (unpaired) electrons. The van der Waals surface area contributed by atoms with Gasteiger partial charge in [0.05, 0.1) is 6.10 Å². The molecule has 0 unspecified atom stereocenters. The van der Waals surface area contributed by atoms with Crippen molar-refractivity contribution in [2.45, 2.75) is 45.1 Å². The number of aromatic nitrogens is 2. The number of rotatable bonds is 4. The molecule has 2 aliphatic rings. The fraction of sp³-hybridized carbons (Fsp3) is 0.706. The Morgan fingerprint density at radius 1 is 1.22 bits per heavy atom. The van der Waals surface area contributed by atoms with Gasteiger partial charge < -0.3 is 14.5 Å². The zero-order chi connectivity index (χ0) is 16.1. The number of anilines is 1. The Morgan fingerprint density at radius 2 is 1.96 bits per heavy atom. The third kappa shape index (κ3) is 4.41. The quantitative estimate of drug-likeness (QED) is 0.847. The maximum absolute atomic E-state index is 12.3. The van der Waals surface area contributed by atoms with Gasteiger partial charge in [-0.05, 0) is 25.8 Å². The number of carbonyl (C=O) groups is 1. The Kier molecular flexibility index (Phi) is 5.43. The molecule has 1 aromatic rings. The highest BCUT2D eigenvalue weighted by molar-refractivity contribution is 5.77. The Balaban J connectivity index is 1.43. The highest BCUT2D eigenvalue weighted by Crippen LogP contribution is 2.20. The van der Waals surface area contributed by atoms with Crippen LogP contribution < -0.4 is 4.90 Å². The van der Waals surface area contributed by atoms with Gasteiger partial charge in [-0.3, -0.25) is 4.79 Å². The number of amides is 1. The number of carbonyl (C=O) groups excluding carboxylic acids is 1. The monoisotopic (exact) mass is 318 g/mol. The Hall–Kier alpha value is -1.69. The topological polar surface area (TPSA) is 58.6 Å². The highest BCUT2D eigenvalue weighted by atomic mass is 16.5. The highest BCUT2D eigenvalue weighted by Gasteiger charge is 2.23. The first-order valence-corrected chi connectivity index (χ1v) is 8.66. The summed E-state index contributed by atoms with van der Waals surface area (Å²) in [4.78, 5) is 25.0. The van der Waals surface area contributed by atoms with E-state index in [1.165, 1.54) is 19.3 Å². The van der Waals surface area contributed by atoms with Crippen molar-refractivity contribution in [2.24, 2.45) is 0 Å². The molecule has 1 amide bonds. The Morgan fingerprint density at radius 3 is 2.65 bits per heavy atom. The first-order chi connectivity index (χ1) is 11.2. The van der Waals surface area contributed by atoms with Crippen molar-refractivity contribution in [3.8, 4) is 0 Å². The molecule has 1 aliphatic heterocycles. The summed E-state index contributed by atoms with van der Waals surface area (Å²) in [6.45, 7) is 5.21. The predicted molar refractivity (Wildman–Crippen MR) is 88.4 cm³/mol.